The average Bonchev–Trinajstić information content (AvgIpc) is 2.69. The van der Waals surface area contributed by atoms with Crippen molar-refractivity contribution in [1.82, 2.24) is 5.32 Å². The Hall–Kier alpha value is -2.72. The Morgan fingerprint density at radius 3 is 1.92 bits per heavy atom. The van der Waals surface area contributed by atoms with E-state index < -0.39 is 6.04 Å². The normalized spacial score (nSPS) is 11.6. The van der Waals surface area contributed by atoms with Gasteiger partial charge in [0.2, 0.25) is 0 Å². The summed E-state index contributed by atoms with van der Waals surface area (Å²) in [5, 5.41) is 3.00. The third-order valence-corrected chi connectivity index (χ3v) is 4.83. The van der Waals surface area contributed by atoms with E-state index in [0.717, 1.165) is 10.0 Å². The van der Waals surface area contributed by atoms with Gasteiger partial charge in [0.05, 0.1) is 6.04 Å². The lowest BCUT2D eigenvalue weighted by Crippen LogP contribution is -2.30. The summed E-state index contributed by atoms with van der Waals surface area (Å²) in [6, 6.07) is 25.3. The van der Waals surface area contributed by atoms with E-state index in [0.29, 0.717) is 11.1 Å². The second-order valence-electron chi connectivity index (χ2n) is 5.91. The Morgan fingerprint density at radius 1 is 0.769 bits per heavy atom. The highest BCUT2D eigenvalue weighted by atomic mass is 79.9. The molecule has 0 saturated heterocycles. The summed E-state index contributed by atoms with van der Waals surface area (Å²) >= 11 is 3.53. The van der Waals surface area contributed by atoms with Crippen LogP contribution in [0.2, 0.25) is 0 Å². The zero-order valence-electron chi connectivity index (χ0n) is 14.1. The van der Waals surface area contributed by atoms with E-state index in [1.807, 2.05) is 60.7 Å². The van der Waals surface area contributed by atoms with E-state index in [4.69, 9.17) is 0 Å². The molecule has 1 N–H and O–H groups in total. The number of rotatable bonds is 6. The highest BCUT2D eigenvalue weighted by molar-refractivity contribution is 9.10. The molecule has 26 heavy (non-hydrogen) atoms. The summed E-state index contributed by atoms with van der Waals surface area (Å²) in [5.74, 6) is -0.216. The van der Waals surface area contributed by atoms with Crippen molar-refractivity contribution in [1.29, 1.82) is 0 Å². The first-order valence-corrected chi connectivity index (χ1v) is 9.13. The van der Waals surface area contributed by atoms with E-state index in [-0.39, 0.29) is 18.1 Å². The van der Waals surface area contributed by atoms with Crippen molar-refractivity contribution < 1.29 is 9.59 Å². The van der Waals surface area contributed by atoms with Crippen LogP contribution in [0.4, 0.5) is 0 Å². The standard InChI is InChI=1S/C22H18BrNO2/c23-19-14-8-7-13-18(19)20(15-21(25)16-9-3-1-4-10-16)24-22(26)17-11-5-2-6-12-17/h1-14,20H,15H2,(H,24,26)/t20-/m0/s1. The topological polar surface area (TPSA) is 46.2 Å². The van der Waals surface area contributed by atoms with Gasteiger partial charge in [0, 0.05) is 22.0 Å². The highest BCUT2D eigenvalue weighted by Gasteiger charge is 2.21. The van der Waals surface area contributed by atoms with Crippen molar-refractivity contribution in [2.24, 2.45) is 0 Å². The van der Waals surface area contributed by atoms with Crippen LogP contribution in [0.1, 0.15) is 38.7 Å². The van der Waals surface area contributed by atoms with Crippen molar-refractivity contribution in [3.8, 4) is 0 Å². The molecule has 1 atom stereocenters. The Balaban J connectivity index is 1.86. The summed E-state index contributed by atoms with van der Waals surface area (Å²) in [4.78, 5) is 25.3. The average molecular weight is 408 g/mol. The molecule has 3 aromatic carbocycles. The van der Waals surface area contributed by atoms with Crippen LogP contribution in [0.15, 0.2) is 89.4 Å². The molecular formula is C22H18BrNO2. The number of amides is 1. The third kappa shape index (κ3) is 4.46. The van der Waals surface area contributed by atoms with Gasteiger partial charge in [-0.15, -0.1) is 0 Å². The van der Waals surface area contributed by atoms with Gasteiger partial charge < -0.3 is 5.32 Å². The summed E-state index contributed by atoms with van der Waals surface area (Å²) < 4.78 is 0.860. The van der Waals surface area contributed by atoms with Gasteiger partial charge in [0.25, 0.3) is 5.91 Å². The number of benzene rings is 3. The maximum absolute atomic E-state index is 12.7. The second kappa shape index (κ2) is 8.59. The SMILES string of the molecule is O=C(C[C@H](NC(=O)c1ccccc1)c1ccccc1Br)c1ccccc1. The molecule has 0 aromatic heterocycles. The molecule has 4 heteroatoms. The van der Waals surface area contributed by atoms with Crippen LogP contribution in [0, 0.1) is 0 Å². The Kier molecular flexibility index (Phi) is 5.97. The molecule has 0 unspecified atom stereocenters. The summed E-state index contributed by atoms with van der Waals surface area (Å²) in [6.45, 7) is 0. The Labute approximate surface area is 161 Å². The predicted molar refractivity (Wildman–Crippen MR) is 106 cm³/mol. The molecule has 0 aliphatic heterocycles. The van der Waals surface area contributed by atoms with Crippen LogP contribution in [0.5, 0.6) is 0 Å². The molecule has 0 radical (unpaired) electrons. The highest BCUT2D eigenvalue weighted by Crippen LogP contribution is 2.27. The number of ketones is 1. The van der Waals surface area contributed by atoms with Crippen LogP contribution >= 0.6 is 15.9 Å². The van der Waals surface area contributed by atoms with Gasteiger partial charge in [0.1, 0.15) is 0 Å². The number of hydrogen-bond donors (Lipinski definition) is 1. The van der Waals surface area contributed by atoms with Gasteiger partial charge in [-0.1, -0.05) is 82.7 Å². The van der Waals surface area contributed by atoms with Gasteiger partial charge in [-0.25, -0.2) is 0 Å². The van der Waals surface area contributed by atoms with Crippen molar-refractivity contribution in [2.45, 2.75) is 12.5 Å². The number of halogens is 1. The zero-order chi connectivity index (χ0) is 18.4. The maximum atomic E-state index is 12.7. The number of carbonyl (C=O) groups excluding carboxylic acids is 2. The van der Waals surface area contributed by atoms with Crippen molar-refractivity contribution in [2.75, 3.05) is 0 Å². The molecule has 0 saturated carbocycles. The lowest BCUT2D eigenvalue weighted by Gasteiger charge is -2.20. The molecular weight excluding hydrogens is 390 g/mol. The molecule has 0 spiro atoms. The molecule has 130 valence electrons. The van der Waals surface area contributed by atoms with Gasteiger partial charge >= 0.3 is 0 Å². The number of carbonyl (C=O) groups is 2. The monoisotopic (exact) mass is 407 g/mol. The Morgan fingerprint density at radius 2 is 1.31 bits per heavy atom. The quantitative estimate of drug-likeness (QED) is 0.571. The first kappa shape index (κ1) is 18.1. The molecule has 0 bridgehead atoms. The first-order valence-electron chi connectivity index (χ1n) is 8.34. The number of nitrogens with one attached hydrogen (secondary N) is 1. The lowest BCUT2D eigenvalue weighted by molar-refractivity contribution is 0.0912. The van der Waals surface area contributed by atoms with E-state index in [9.17, 15) is 9.59 Å². The molecule has 0 aliphatic rings. The number of Topliss-reactive ketones (excluding diaryl/α,β-unsaturated/α-hetero) is 1. The van der Waals surface area contributed by atoms with Gasteiger partial charge in [-0.3, -0.25) is 9.59 Å². The molecule has 3 nitrogen and oxygen atoms in total. The van der Waals surface area contributed by atoms with Gasteiger partial charge in [-0.2, -0.15) is 0 Å². The fourth-order valence-corrected chi connectivity index (χ4v) is 3.32. The first-order chi connectivity index (χ1) is 12.6. The van der Waals surface area contributed by atoms with E-state index in [1.165, 1.54) is 0 Å². The molecule has 0 aliphatic carbocycles. The van der Waals surface area contributed by atoms with Crippen LogP contribution in [-0.4, -0.2) is 11.7 Å². The van der Waals surface area contributed by atoms with E-state index in [2.05, 4.69) is 21.2 Å². The second-order valence-corrected chi connectivity index (χ2v) is 6.76. The van der Waals surface area contributed by atoms with Crippen LogP contribution < -0.4 is 5.32 Å². The zero-order valence-corrected chi connectivity index (χ0v) is 15.6. The minimum atomic E-state index is -0.425. The third-order valence-electron chi connectivity index (χ3n) is 4.11. The predicted octanol–water partition coefficient (Wildman–Crippen LogP) is 5.19. The summed E-state index contributed by atoms with van der Waals surface area (Å²) in [5.41, 5.74) is 2.08. The molecule has 1 amide bonds. The van der Waals surface area contributed by atoms with E-state index in [1.54, 1.807) is 24.3 Å². The minimum absolute atomic E-state index is 0.0142. The maximum Gasteiger partial charge on any atom is 0.251 e. The van der Waals surface area contributed by atoms with Gasteiger partial charge in [-0.05, 0) is 23.8 Å². The Bertz CT molecular complexity index is 841. The van der Waals surface area contributed by atoms with Gasteiger partial charge in [0.15, 0.2) is 5.78 Å². The fraction of sp³-hybridized carbons (Fsp3) is 0.0909. The largest absolute Gasteiger partial charge is 0.345 e. The fourth-order valence-electron chi connectivity index (χ4n) is 2.75. The summed E-state index contributed by atoms with van der Waals surface area (Å²) in [6.07, 6.45) is 0.186. The van der Waals surface area contributed by atoms with Crippen LogP contribution in [-0.2, 0) is 0 Å². The lowest BCUT2D eigenvalue weighted by atomic mass is 9.97. The van der Waals surface area contributed by atoms with Crippen LogP contribution in [0.25, 0.3) is 0 Å². The minimum Gasteiger partial charge on any atom is -0.345 e. The van der Waals surface area contributed by atoms with Crippen molar-refractivity contribution >= 4 is 27.6 Å². The molecule has 3 aromatic rings. The van der Waals surface area contributed by atoms with E-state index >= 15 is 0 Å². The molecule has 0 fully saturated rings. The van der Waals surface area contributed by atoms with Crippen LogP contribution in [0.3, 0.4) is 0 Å². The smallest absolute Gasteiger partial charge is 0.251 e. The van der Waals surface area contributed by atoms with Crippen molar-refractivity contribution in [3.05, 3.63) is 106 Å². The molecule has 0 heterocycles. The van der Waals surface area contributed by atoms with Crippen molar-refractivity contribution in [3.63, 3.8) is 0 Å². The summed E-state index contributed by atoms with van der Waals surface area (Å²) in [7, 11) is 0. The molecule has 3 rings (SSSR count). The number of hydrogen-bond acceptors (Lipinski definition) is 2.